The molecule has 0 N–H and O–H groups in total. The van der Waals surface area contributed by atoms with Crippen molar-refractivity contribution >= 4 is 60.0 Å². The largest absolute Gasteiger partial charge is 0.310 e. The molecule has 0 aliphatic heterocycles. The molecule has 1 aliphatic rings. The molecule has 0 saturated carbocycles. The minimum atomic E-state index is 1.14. The first-order chi connectivity index (χ1) is 23.8. The number of para-hydroxylation sites is 1. The summed E-state index contributed by atoms with van der Waals surface area (Å²) in [4.78, 5) is 2.42. The van der Waals surface area contributed by atoms with Crippen LogP contribution in [-0.2, 0) is 0 Å². The highest BCUT2D eigenvalue weighted by atomic mass is 32.1. The van der Waals surface area contributed by atoms with Crippen LogP contribution >= 0.6 is 11.3 Å². The fourth-order valence-electron chi connectivity index (χ4n) is 7.49. The molecule has 8 aromatic carbocycles. The van der Waals surface area contributed by atoms with Crippen LogP contribution in [0.3, 0.4) is 0 Å². The number of hydrogen-bond acceptors (Lipinski definition) is 2. The zero-order valence-electron chi connectivity index (χ0n) is 26.1. The Morgan fingerprint density at radius 2 is 0.958 bits per heavy atom. The summed E-state index contributed by atoms with van der Waals surface area (Å²) in [5, 5.41) is 8.55. The lowest BCUT2D eigenvalue weighted by Gasteiger charge is -2.29. The summed E-state index contributed by atoms with van der Waals surface area (Å²) in [5.41, 5.74) is 13.8. The van der Waals surface area contributed by atoms with Crippen LogP contribution < -0.4 is 4.90 Å². The van der Waals surface area contributed by atoms with Gasteiger partial charge in [-0.05, 0) is 139 Å². The molecule has 0 bridgehead atoms. The van der Waals surface area contributed by atoms with E-state index in [-0.39, 0.29) is 0 Å². The summed E-state index contributed by atoms with van der Waals surface area (Å²) >= 11 is 1.80. The van der Waals surface area contributed by atoms with Crippen molar-refractivity contribution < 1.29 is 0 Å². The zero-order chi connectivity index (χ0) is 31.6. The van der Waals surface area contributed by atoms with Crippen molar-refractivity contribution in [1.29, 1.82) is 0 Å². The summed E-state index contributed by atoms with van der Waals surface area (Å²) < 4.78 is 1.30. The molecular weight excluding hydrogens is 599 g/mol. The number of anilines is 3. The van der Waals surface area contributed by atoms with Gasteiger partial charge in [0.15, 0.2) is 0 Å². The predicted octanol–water partition coefficient (Wildman–Crippen LogP) is 13.7. The van der Waals surface area contributed by atoms with Gasteiger partial charge in [-0.3, -0.25) is 0 Å². The summed E-state index contributed by atoms with van der Waals surface area (Å²) in [6.45, 7) is 0. The topological polar surface area (TPSA) is 3.24 Å². The molecule has 48 heavy (non-hydrogen) atoms. The van der Waals surface area contributed by atoms with Crippen molar-refractivity contribution in [2.24, 2.45) is 0 Å². The Hall–Kier alpha value is -5.96. The van der Waals surface area contributed by atoms with Gasteiger partial charge in [0.25, 0.3) is 0 Å². The van der Waals surface area contributed by atoms with Gasteiger partial charge in [0, 0.05) is 27.0 Å². The SMILES string of the molecule is c1ccc(-c2ccc3cc4c(cc3c2)-c2cc3cc(N(c5ccccc5)c5ccc6sccc6c5-c5ccccc5)ccc3cc2-4)cc1. The number of benzene rings is 8. The molecule has 224 valence electrons. The molecule has 0 saturated heterocycles. The summed E-state index contributed by atoms with van der Waals surface area (Å²) in [5.74, 6) is 0. The van der Waals surface area contributed by atoms with E-state index in [1.165, 1.54) is 81.8 Å². The first kappa shape index (κ1) is 27.2. The molecule has 1 aromatic heterocycles. The lowest BCUT2D eigenvalue weighted by atomic mass is 9.77. The lowest BCUT2D eigenvalue weighted by molar-refractivity contribution is 1.29. The van der Waals surface area contributed by atoms with E-state index in [2.05, 4.69) is 180 Å². The van der Waals surface area contributed by atoms with Crippen LogP contribution in [0.4, 0.5) is 17.1 Å². The Kier molecular flexibility index (Phi) is 6.12. The highest BCUT2D eigenvalue weighted by Crippen LogP contribution is 2.51. The van der Waals surface area contributed by atoms with Crippen molar-refractivity contribution in [3.63, 3.8) is 0 Å². The number of fused-ring (bicyclic) bond motifs is 7. The molecule has 0 fully saturated rings. The molecule has 0 atom stereocenters. The average Bonchev–Trinajstić information content (AvgIpc) is 3.63. The first-order valence-corrected chi connectivity index (χ1v) is 17.3. The second kappa shape index (κ2) is 10.8. The number of hydrogen-bond donors (Lipinski definition) is 0. The molecule has 0 radical (unpaired) electrons. The van der Waals surface area contributed by atoms with Crippen LogP contribution in [0.1, 0.15) is 0 Å². The smallest absolute Gasteiger partial charge is 0.0547 e. The third-order valence-electron chi connectivity index (χ3n) is 9.81. The minimum absolute atomic E-state index is 1.14. The van der Waals surface area contributed by atoms with E-state index in [1.54, 1.807) is 11.3 Å². The number of nitrogens with zero attached hydrogens (tertiary/aromatic N) is 1. The highest BCUT2D eigenvalue weighted by Gasteiger charge is 2.25. The van der Waals surface area contributed by atoms with Crippen LogP contribution in [0, 0.1) is 0 Å². The second-order valence-electron chi connectivity index (χ2n) is 12.6. The van der Waals surface area contributed by atoms with Crippen molar-refractivity contribution in [2.75, 3.05) is 4.90 Å². The summed E-state index contributed by atoms with van der Waals surface area (Å²) in [7, 11) is 0. The predicted molar refractivity (Wildman–Crippen MR) is 207 cm³/mol. The van der Waals surface area contributed by atoms with E-state index in [1.807, 2.05) is 0 Å². The standard InChI is InChI=1S/C46H29NS/c1-4-10-30(11-5-1)32-16-17-33-26-40-41-27-34-18-19-38(25-36(34)29-43(41)42(40)28-35(33)24-32)47(37-14-8-3-9-15-37)44-20-21-45-39(22-23-48-45)46(44)31-12-6-2-7-13-31/h1-29H. The van der Waals surface area contributed by atoms with Crippen molar-refractivity contribution in [1.82, 2.24) is 0 Å². The monoisotopic (exact) mass is 627 g/mol. The van der Waals surface area contributed by atoms with Crippen LogP contribution in [0.5, 0.6) is 0 Å². The van der Waals surface area contributed by atoms with Crippen molar-refractivity contribution in [3.8, 4) is 44.5 Å². The van der Waals surface area contributed by atoms with Gasteiger partial charge < -0.3 is 4.90 Å². The van der Waals surface area contributed by atoms with E-state index in [9.17, 15) is 0 Å². The van der Waals surface area contributed by atoms with Crippen LogP contribution in [0.2, 0.25) is 0 Å². The van der Waals surface area contributed by atoms with E-state index >= 15 is 0 Å². The highest BCUT2D eigenvalue weighted by molar-refractivity contribution is 7.17. The third kappa shape index (κ3) is 4.31. The summed E-state index contributed by atoms with van der Waals surface area (Å²) in [6, 6.07) is 62.3. The fraction of sp³-hybridized carbons (Fsp3) is 0. The Balaban J connectivity index is 1.12. The molecule has 0 spiro atoms. The number of rotatable bonds is 5. The molecule has 1 nitrogen and oxygen atoms in total. The van der Waals surface area contributed by atoms with Gasteiger partial charge in [-0.25, -0.2) is 0 Å². The van der Waals surface area contributed by atoms with Gasteiger partial charge >= 0.3 is 0 Å². The zero-order valence-corrected chi connectivity index (χ0v) is 26.9. The molecule has 1 heterocycles. The second-order valence-corrected chi connectivity index (χ2v) is 13.5. The van der Waals surface area contributed by atoms with Crippen LogP contribution in [0.25, 0.3) is 76.1 Å². The molecule has 10 rings (SSSR count). The van der Waals surface area contributed by atoms with E-state index in [0.29, 0.717) is 0 Å². The van der Waals surface area contributed by atoms with Crippen LogP contribution in [0.15, 0.2) is 175 Å². The van der Waals surface area contributed by atoms with Gasteiger partial charge in [0.1, 0.15) is 0 Å². The molecule has 2 heteroatoms. The van der Waals surface area contributed by atoms with E-state index < -0.39 is 0 Å². The van der Waals surface area contributed by atoms with E-state index in [0.717, 1.165) is 11.4 Å². The number of thiophene rings is 1. The van der Waals surface area contributed by atoms with Crippen molar-refractivity contribution in [2.45, 2.75) is 0 Å². The van der Waals surface area contributed by atoms with Gasteiger partial charge in [0.05, 0.1) is 5.69 Å². The Morgan fingerprint density at radius 3 is 1.65 bits per heavy atom. The Labute approximate surface area is 283 Å². The maximum atomic E-state index is 2.42. The Morgan fingerprint density at radius 1 is 0.375 bits per heavy atom. The maximum absolute atomic E-state index is 2.42. The minimum Gasteiger partial charge on any atom is -0.310 e. The van der Waals surface area contributed by atoms with Gasteiger partial charge in [-0.1, -0.05) is 97.1 Å². The molecule has 1 aliphatic carbocycles. The van der Waals surface area contributed by atoms with Gasteiger partial charge in [-0.2, -0.15) is 0 Å². The van der Waals surface area contributed by atoms with Crippen LogP contribution in [-0.4, -0.2) is 0 Å². The van der Waals surface area contributed by atoms with Crippen molar-refractivity contribution in [3.05, 3.63) is 175 Å². The maximum Gasteiger partial charge on any atom is 0.0547 e. The van der Waals surface area contributed by atoms with Gasteiger partial charge in [-0.15, -0.1) is 11.3 Å². The third-order valence-corrected chi connectivity index (χ3v) is 10.7. The normalized spacial score (nSPS) is 11.8. The lowest BCUT2D eigenvalue weighted by Crippen LogP contribution is -2.11. The first-order valence-electron chi connectivity index (χ1n) is 16.4. The van der Waals surface area contributed by atoms with E-state index in [4.69, 9.17) is 0 Å². The quantitative estimate of drug-likeness (QED) is 0.183. The molecule has 0 unspecified atom stereocenters. The average molecular weight is 628 g/mol. The fourth-order valence-corrected chi connectivity index (χ4v) is 8.29. The van der Waals surface area contributed by atoms with Gasteiger partial charge in [0.2, 0.25) is 0 Å². The molecule has 0 amide bonds. The molecule has 9 aromatic rings. The molecular formula is C46H29NS. The summed E-state index contributed by atoms with van der Waals surface area (Å²) in [6.07, 6.45) is 0. The Bertz CT molecular complexity index is 2650.